The van der Waals surface area contributed by atoms with Gasteiger partial charge in [0, 0.05) is 14.8 Å². The van der Waals surface area contributed by atoms with Crippen molar-refractivity contribution in [1.82, 2.24) is 0 Å². The van der Waals surface area contributed by atoms with Gasteiger partial charge >= 0.3 is 5.97 Å². The molecule has 0 aliphatic heterocycles. The molecule has 0 spiro atoms. The molecule has 0 bridgehead atoms. The van der Waals surface area contributed by atoms with E-state index in [-0.39, 0.29) is 11.5 Å². The minimum Gasteiger partial charge on any atom is -0.478 e. The molecule has 0 saturated heterocycles. The second-order valence-electron chi connectivity index (χ2n) is 3.84. The first-order valence-electron chi connectivity index (χ1n) is 5.46. The third-order valence-electron chi connectivity index (χ3n) is 2.50. The lowest BCUT2D eigenvalue weighted by Gasteiger charge is -2.05. The monoisotopic (exact) mass is 367 g/mol. The molecule has 1 amide bonds. The topological polar surface area (TPSA) is 66.4 Å². The Bertz CT molecular complexity index is 606. The predicted octanol–water partition coefficient (Wildman–Crippen LogP) is 3.24. The molecule has 0 aliphatic rings. The Kier molecular flexibility index (Phi) is 4.16. The van der Waals surface area contributed by atoms with Crippen molar-refractivity contribution in [3.8, 4) is 0 Å². The largest absolute Gasteiger partial charge is 0.478 e. The molecule has 0 heterocycles. The molecule has 2 rings (SSSR count). The van der Waals surface area contributed by atoms with Crippen molar-refractivity contribution in [2.24, 2.45) is 0 Å². The molecular weight excluding hydrogens is 357 g/mol. The first-order chi connectivity index (χ1) is 9.06. The summed E-state index contributed by atoms with van der Waals surface area (Å²) in [5.41, 5.74) is 1.31. The van der Waals surface area contributed by atoms with E-state index in [2.05, 4.69) is 27.9 Å². The highest BCUT2D eigenvalue weighted by atomic mass is 127. The molecule has 0 aliphatic carbocycles. The number of carboxylic acid groups (broad SMARTS) is 1. The minimum absolute atomic E-state index is 0.187. The van der Waals surface area contributed by atoms with E-state index in [0.717, 1.165) is 3.57 Å². The summed E-state index contributed by atoms with van der Waals surface area (Å²) >= 11 is 2.17. The maximum absolute atomic E-state index is 11.9. The molecule has 2 aromatic carbocycles. The van der Waals surface area contributed by atoms with Gasteiger partial charge in [-0.1, -0.05) is 0 Å². The van der Waals surface area contributed by atoms with Crippen LogP contribution in [0.1, 0.15) is 20.7 Å². The van der Waals surface area contributed by atoms with Crippen LogP contribution in [0.15, 0.2) is 48.5 Å². The number of benzene rings is 2. The first kappa shape index (κ1) is 13.5. The van der Waals surface area contributed by atoms with Crippen LogP contribution in [0.25, 0.3) is 0 Å². The van der Waals surface area contributed by atoms with Crippen molar-refractivity contribution in [3.63, 3.8) is 0 Å². The summed E-state index contributed by atoms with van der Waals surface area (Å²) < 4.78 is 1.06. The molecule has 96 valence electrons. The maximum Gasteiger partial charge on any atom is 0.335 e. The van der Waals surface area contributed by atoms with Crippen LogP contribution in [0.4, 0.5) is 5.69 Å². The van der Waals surface area contributed by atoms with E-state index in [4.69, 9.17) is 5.11 Å². The molecule has 19 heavy (non-hydrogen) atoms. The molecule has 2 N–H and O–H groups in total. The highest BCUT2D eigenvalue weighted by Gasteiger charge is 2.07. The van der Waals surface area contributed by atoms with Crippen molar-refractivity contribution < 1.29 is 14.7 Å². The first-order valence-corrected chi connectivity index (χ1v) is 6.54. The van der Waals surface area contributed by atoms with Crippen LogP contribution in [0.2, 0.25) is 0 Å². The van der Waals surface area contributed by atoms with E-state index in [1.807, 2.05) is 12.1 Å². The van der Waals surface area contributed by atoms with Gasteiger partial charge in [0.1, 0.15) is 0 Å². The van der Waals surface area contributed by atoms with Gasteiger partial charge < -0.3 is 10.4 Å². The Morgan fingerprint density at radius 1 is 0.895 bits per heavy atom. The Balaban J connectivity index is 2.10. The van der Waals surface area contributed by atoms with E-state index in [9.17, 15) is 9.59 Å². The molecule has 0 atom stereocenters. The average molecular weight is 367 g/mol. The molecule has 5 heteroatoms. The van der Waals surface area contributed by atoms with Gasteiger partial charge in [0.2, 0.25) is 0 Å². The molecular formula is C14H10INO3. The van der Waals surface area contributed by atoms with Crippen molar-refractivity contribution >= 4 is 40.2 Å². The van der Waals surface area contributed by atoms with Crippen LogP contribution < -0.4 is 5.32 Å². The van der Waals surface area contributed by atoms with Gasteiger partial charge in [-0.2, -0.15) is 0 Å². The Labute approximate surface area is 123 Å². The van der Waals surface area contributed by atoms with Crippen molar-refractivity contribution in [2.75, 3.05) is 5.32 Å². The summed E-state index contributed by atoms with van der Waals surface area (Å²) in [6.45, 7) is 0. The molecule has 0 radical (unpaired) electrons. The van der Waals surface area contributed by atoms with Crippen molar-refractivity contribution in [3.05, 3.63) is 63.2 Å². The lowest BCUT2D eigenvalue weighted by atomic mass is 10.2. The van der Waals surface area contributed by atoms with E-state index >= 15 is 0 Å². The molecule has 4 nitrogen and oxygen atoms in total. The number of carboxylic acids is 1. The van der Waals surface area contributed by atoms with Gasteiger partial charge in [-0.3, -0.25) is 4.79 Å². The number of aromatic carboxylic acids is 1. The van der Waals surface area contributed by atoms with Crippen LogP contribution >= 0.6 is 22.6 Å². The molecule has 0 saturated carbocycles. The average Bonchev–Trinajstić information content (AvgIpc) is 2.40. The fourth-order valence-electron chi connectivity index (χ4n) is 1.50. The van der Waals surface area contributed by atoms with E-state index < -0.39 is 5.97 Å². The minimum atomic E-state index is -0.990. The fraction of sp³-hybridized carbons (Fsp3) is 0. The summed E-state index contributed by atoms with van der Waals surface area (Å²) in [5.74, 6) is -1.21. The van der Waals surface area contributed by atoms with E-state index in [1.165, 1.54) is 12.1 Å². The van der Waals surface area contributed by atoms with Gasteiger partial charge in [-0.05, 0) is 71.1 Å². The number of carbonyl (C=O) groups is 2. The Morgan fingerprint density at radius 3 is 1.95 bits per heavy atom. The van der Waals surface area contributed by atoms with Gasteiger partial charge in [-0.15, -0.1) is 0 Å². The Hall–Kier alpha value is -1.89. The van der Waals surface area contributed by atoms with Crippen LogP contribution in [0, 0.1) is 3.57 Å². The van der Waals surface area contributed by atoms with Gasteiger partial charge in [-0.25, -0.2) is 4.79 Å². The SMILES string of the molecule is O=C(O)c1ccc(NC(=O)c2ccc(I)cc2)cc1. The lowest BCUT2D eigenvalue weighted by Crippen LogP contribution is -2.11. The van der Waals surface area contributed by atoms with Crippen molar-refractivity contribution in [1.29, 1.82) is 0 Å². The Morgan fingerprint density at radius 2 is 1.42 bits per heavy atom. The smallest absolute Gasteiger partial charge is 0.335 e. The number of hydrogen-bond donors (Lipinski definition) is 2. The number of carbonyl (C=O) groups excluding carboxylic acids is 1. The third kappa shape index (κ3) is 3.54. The van der Waals surface area contributed by atoms with Crippen LogP contribution in [-0.4, -0.2) is 17.0 Å². The molecule has 2 aromatic rings. The molecule has 0 fully saturated rings. The zero-order chi connectivity index (χ0) is 13.8. The summed E-state index contributed by atoms with van der Waals surface area (Å²) in [5, 5.41) is 11.5. The van der Waals surface area contributed by atoms with Gasteiger partial charge in [0.15, 0.2) is 0 Å². The maximum atomic E-state index is 11.9. The normalized spacial score (nSPS) is 9.95. The highest BCUT2D eigenvalue weighted by molar-refractivity contribution is 14.1. The van der Waals surface area contributed by atoms with Gasteiger partial charge in [0.25, 0.3) is 5.91 Å². The summed E-state index contributed by atoms with van der Waals surface area (Å²) in [7, 11) is 0. The van der Waals surface area contributed by atoms with Crippen LogP contribution in [0.3, 0.4) is 0 Å². The summed E-state index contributed by atoms with van der Waals surface area (Å²) in [6, 6.07) is 13.2. The zero-order valence-corrected chi connectivity index (χ0v) is 11.9. The molecule has 0 unspecified atom stereocenters. The summed E-state index contributed by atoms with van der Waals surface area (Å²) in [4.78, 5) is 22.6. The highest BCUT2D eigenvalue weighted by Crippen LogP contribution is 2.12. The standard InChI is InChI=1S/C14H10INO3/c15-11-5-1-9(2-6-11)13(17)16-12-7-3-10(4-8-12)14(18)19/h1-8H,(H,16,17)(H,18,19). The number of amides is 1. The predicted molar refractivity (Wildman–Crippen MR) is 80.5 cm³/mol. The number of anilines is 1. The van der Waals surface area contributed by atoms with E-state index in [1.54, 1.807) is 24.3 Å². The third-order valence-corrected chi connectivity index (χ3v) is 3.22. The second-order valence-corrected chi connectivity index (χ2v) is 5.09. The second kappa shape index (κ2) is 5.83. The van der Waals surface area contributed by atoms with Crippen LogP contribution in [0.5, 0.6) is 0 Å². The number of nitrogens with one attached hydrogen (secondary N) is 1. The number of halogens is 1. The van der Waals surface area contributed by atoms with E-state index in [0.29, 0.717) is 11.3 Å². The number of hydrogen-bond acceptors (Lipinski definition) is 2. The van der Waals surface area contributed by atoms with Gasteiger partial charge in [0.05, 0.1) is 5.56 Å². The lowest BCUT2D eigenvalue weighted by molar-refractivity contribution is 0.0696. The zero-order valence-electron chi connectivity index (χ0n) is 9.76. The fourth-order valence-corrected chi connectivity index (χ4v) is 1.86. The van der Waals surface area contributed by atoms with Crippen molar-refractivity contribution in [2.45, 2.75) is 0 Å². The summed E-state index contributed by atoms with van der Waals surface area (Å²) in [6.07, 6.45) is 0. The quantitative estimate of drug-likeness (QED) is 0.819. The van der Waals surface area contributed by atoms with Crippen LogP contribution in [-0.2, 0) is 0 Å². The number of rotatable bonds is 3. The molecule has 0 aromatic heterocycles.